The van der Waals surface area contributed by atoms with Gasteiger partial charge >= 0.3 is 0 Å². The number of aromatic nitrogens is 3. The Morgan fingerprint density at radius 1 is 1.30 bits per heavy atom. The highest BCUT2D eigenvalue weighted by Crippen LogP contribution is 2.36. The van der Waals surface area contributed by atoms with Gasteiger partial charge in [0.15, 0.2) is 5.16 Å². The van der Waals surface area contributed by atoms with Gasteiger partial charge in [-0.15, -0.1) is 10.2 Å². The van der Waals surface area contributed by atoms with Crippen molar-refractivity contribution in [3.05, 3.63) is 65.4 Å². The number of carbonyl (C=O) groups is 1. The monoisotopic (exact) mass is 402 g/mol. The predicted octanol–water partition coefficient (Wildman–Crippen LogP) is 4.43. The first-order valence-electron chi connectivity index (χ1n) is 8.36. The lowest BCUT2D eigenvalue weighted by atomic mass is 10.1. The van der Waals surface area contributed by atoms with E-state index in [4.69, 9.17) is 16.3 Å². The Morgan fingerprint density at radius 2 is 2.07 bits per heavy atom. The van der Waals surface area contributed by atoms with E-state index in [-0.39, 0.29) is 5.91 Å². The van der Waals surface area contributed by atoms with Gasteiger partial charge in [0.05, 0.1) is 12.1 Å². The molecule has 0 radical (unpaired) electrons. The quantitative estimate of drug-likeness (QED) is 0.592. The maximum Gasteiger partial charge on any atom is 0.242 e. The van der Waals surface area contributed by atoms with Crippen LogP contribution in [0.25, 0.3) is 0 Å². The molecular formula is C19H19ClN4O2S. The largest absolute Gasteiger partial charge is 0.495 e. The Bertz CT molecular complexity index is 917. The molecule has 0 unspecified atom stereocenters. The SMILES string of the molecule is CCn1cnnc1S[C@H](C(=O)Nc1ccc(OC)c(Cl)c1)c1ccccc1. The average Bonchev–Trinajstić information content (AvgIpc) is 3.14. The molecule has 0 saturated carbocycles. The maximum atomic E-state index is 13.0. The van der Waals surface area contributed by atoms with Crippen molar-refractivity contribution in [1.82, 2.24) is 14.8 Å². The minimum atomic E-state index is -0.485. The van der Waals surface area contributed by atoms with Gasteiger partial charge in [-0.25, -0.2) is 0 Å². The maximum absolute atomic E-state index is 13.0. The van der Waals surface area contributed by atoms with Gasteiger partial charge in [0, 0.05) is 12.2 Å². The summed E-state index contributed by atoms with van der Waals surface area (Å²) in [6.45, 7) is 2.73. The molecule has 0 spiro atoms. The fourth-order valence-corrected chi connectivity index (χ4v) is 3.84. The number of nitrogens with zero attached hydrogens (tertiary/aromatic N) is 3. The normalized spacial score (nSPS) is 11.8. The van der Waals surface area contributed by atoms with Crippen LogP contribution in [0.3, 0.4) is 0 Å². The number of thioether (sulfide) groups is 1. The summed E-state index contributed by atoms with van der Waals surface area (Å²) in [6, 6.07) is 14.7. The van der Waals surface area contributed by atoms with Crippen LogP contribution in [-0.4, -0.2) is 27.8 Å². The highest BCUT2D eigenvalue weighted by molar-refractivity contribution is 8.00. The number of amides is 1. The second-order valence-corrected chi connectivity index (χ2v) is 7.13. The summed E-state index contributed by atoms with van der Waals surface area (Å²) in [4.78, 5) is 13.0. The number of rotatable bonds is 7. The van der Waals surface area contributed by atoms with Crippen LogP contribution in [0.2, 0.25) is 5.02 Å². The molecule has 1 aromatic heterocycles. The molecule has 0 fully saturated rings. The van der Waals surface area contributed by atoms with Crippen LogP contribution in [0.15, 0.2) is 60.0 Å². The summed E-state index contributed by atoms with van der Waals surface area (Å²) in [7, 11) is 1.55. The van der Waals surface area contributed by atoms with Crippen LogP contribution in [0, 0.1) is 0 Å². The van der Waals surface area contributed by atoms with Gasteiger partial charge in [0.1, 0.15) is 17.3 Å². The van der Waals surface area contributed by atoms with Crippen molar-refractivity contribution < 1.29 is 9.53 Å². The van der Waals surface area contributed by atoms with E-state index in [9.17, 15) is 4.79 Å². The summed E-state index contributed by atoms with van der Waals surface area (Å²) >= 11 is 7.52. The van der Waals surface area contributed by atoms with Crippen molar-refractivity contribution in [2.75, 3.05) is 12.4 Å². The molecule has 1 heterocycles. The molecule has 0 aliphatic carbocycles. The fraction of sp³-hybridized carbons (Fsp3) is 0.211. The van der Waals surface area contributed by atoms with Crippen LogP contribution in [0.4, 0.5) is 5.69 Å². The highest BCUT2D eigenvalue weighted by Gasteiger charge is 2.24. The topological polar surface area (TPSA) is 69.0 Å². The van der Waals surface area contributed by atoms with Crippen molar-refractivity contribution in [1.29, 1.82) is 0 Å². The molecule has 8 heteroatoms. The van der Waals surface area contributed by atoms with Gasteiger partial charge in [0.25, 0.3) is 0 Å². The minimum absolute atomic E-state index is 0.168. The Kier molecular flexibility index (Phi) is 6.36. The molecule has 2 aromatic carbocycles. The third-order valence-electron chi connectivity index (χ3n) is 3.90. The van der Waals surface area contributed by atoms with Gasteiger partial charge in [-0.1, -0.05) is 53.7 Å². The number of halogens is 1. The lowest BCUT2D eigenvalue weighted by Gasteiger charge is -2.17. The zero-order valence-electron chi connectivity index (χ0n) is 14.9. The van der Waals surface area contributed by atoms with Crippen LogP contribution >= 0.6 is 23.4 Å². The number of carbonyl (C=O) groups excluding carboxylic acids is 1. The molecule has 0 bridgehead atoms. The summed E-state index contributed by atoms with van der Waals surface area (Å²) in [6.07, 6.45) is 1.66. The number of ether oxygens (including phenoxy) is 1. The third kappa shape index (κ3) is 4.61. The van der Waals surface area contributed by atoms with Crippen molar-refractivity contribution in [2.45, 2.75) is 23.9 Å². The number of aryl methyl sites for hydroxylation is 1. The molecular weight excluding hydrogens is 384 g/mol. The van der Waals surface area contributed by atoms with Crippen molar-refractivity contribution in [2.24, 2.45) is 0 Å². The number of anilines is 1. The van der Waals surface area contributed by atoms with Crippen LogP contribution in [-0.2, 0) is 11.3 Å². The van der Waals surface area contributed by atoms with Crippen molar-refractivity contribution >= 4 is 35.0 Å². The first-order chi connectivity index (χ1) is 13.1. The molecule has 1 N–H and O–H groups in total. The molecule has 0 aliphatic rings. The molecule has 140 valence electrons. The van der Waals surface area contributed by atoms with Gasteiger partial charge in [-0.05, 0) is 30.7 Å². The molecule has 1 amide bonds. The predicted molar refractivity (Wildman–Crippen MR) is 107 cm³/mol. The number of hydrogen-bond donors (Lipinski definition) is 1. The van der Waals surface area contributed by atoms with Gasteiger partial charge in [-0.2, -0.15) is 0 Å². The zero-order valence-corrected chi connectivity index (χ0v) is 16.5. The van der Waals surface area contributed by atoms with Crippen molar-refractivity contribution in [3.8, 4) is 5.75 Å². The van der Waals surface area contributed by atoms with Gasteiger partial charge in [0.2, 0.25) is 5.91 Å². The van der Waals surface area contributed by atoms with Gasteiger partial charge < -0.3 is 14.6 Å². The summed E-state index contributed by atoms with van der Waals surface area (Å²) in [5.74, 6) is 0.387. The number of methoxy groups -OCH3 is 1. The van der Waals surface area contributed by atoms with Crippen LogP contribution in [0.5, 0.6) is 5.75 Å². The number of nitrogens with one attached hydrogen (secondary N) is 1. The lowest BCUT2D eigenvalue weighted by Crippen LogP contribution is -2.19. The Hall–Kier alpha value is -2.51. The van der Waals surface area contributed by atoms with E-state index in [0.717, 1.165) is 12.1 Å². The van der Waals surface area contributed by atoms with Gasteiger partial charge in [-0.3, -0.25) is 4.79 Å². The summed E-state index contributed by atoms with van der Waals surface area (Å²) in [5.41, 5.74) is 1.48. The van der Waals surface area contributed by atoms with Crippen LogP contribution in [0.1, 0.15) is 17.7 Å². The Balaban J connectivity index is 1.86. The molecule has 3 rings (SSSR count). The smallest absolute Gasteiger partial charge is 0.242 e. The summed E-state index contributed by atoms with van der Waals surface area (Å²) in [5, 5.41) is 11.6. The zero-order chi connectivity index (χ0) is 19.2. The lowest BCUT2D eigenvalue weighted by molar-refractivity contribution is -0.115. The van der Waals surface area contributed by atoms with E-state index in [1.165, 1.54) is 11.8 Å². The summed E-state index contributed by atoms with van der Waals surface area (Å²) < 4.78 is 7.05. The molecule has 3 aromatic rings. The molecule has 6 nitrogen and oxygen atoms in total. The minimum Gasteiger partial charge on any atom is -0.495 e. The second kappa shape index (κ2) is 8.92. The first kappa shape index (κ1) is 19.3. The number of hydrogen-bond acceptors (Lipinski definition) is 5. The number of benzene rings is 2. The fourth-order valence-electron chi connectivity index (χ4n) is 2.51. The van der Waals surface area contributed by atoms with E-state index in [2.05, 4.69) is 15.5 Å². The van der Waals surface area contributed by atoms with E-state index in [1.807, 2.05) is 41.8 Å². The molecule has 27 heavy (non-hydrogen) atoms. The first-order valence-corrected chi connectivity index (χ1v) is 9.62. The van der Waals surface area contributed by atoms with E-state index < -0.39 is 5.25 Å². The standard InChI is InChI=1S/C19H19ClN4O2S/c1-3-24-12-21-23-19(24)27-17(13-7-5-4-6-8-13)18(25)22-14-9-10-16(26-2)15(20)11-14/h4-12,17H,3H2,1-2H3,(H,22,25)/t17-/m0/s1. The second-order valence-electron chi connectivity index (χ2n) is 5.65. The molecule has 0 aliphatic heterocycles. The average molecular weight is 403 g/mol. The van der Waals surface area contributed by atoms with E-state index >= 15 is 0 Å². The van der Waals surface area contributed by atoms with Crippen molar-refractivity contribution in [3.63, 3.8) is 0 Å². The van der Waals surface area contributed by atoms with E-state index in [0.29, 0.717) is 21.6 Å². The Labute approximate surface area is 166 Å². The molecule has 0 saturated heterocycles. The third-order valence-corrected chi connectivity index (χ3v) is 5.45. The highest BCUT2D eigenvalue weighted by atomic mass is 35.5. The van der Waals surface area contributed by atoms with Crippen LogP contribution < -0.4 is 10.1 Å². The Morgan fingerprint density at radius 3 is 2.74 bits per heavy atom. The molecule has 1 atom stereocenters. The van der Waals surface area contributed by atoms with E-state index in [1.54, 1.807) is 31.6 Å².